The number of rotatable bonds is 7. The highest BCUT2D eigenvalue weighted by molar-refractivity contribution is 6.39. The van der Waals surface area contributed by atoms with Gasteiger partial charge in [-0.15, -0.1) is 0 Å². The molecule has 0 radical (unpaired) electrons. The van der Waals surface area contributed by atoms with Gasteiger partial charge in [0.05, 0.1) is 18.4 Å². The van der Waals surface area contributed by atoms with Crippen LogP contribution in [-0.4, -0.2) is 36.5 Å². The first kappa shape index (κ1) is 26.9. The second-order valence-corrected chi connectivity index (χ2v) is 8.05. The maximum atomic E-state index is 12.4. The average Bonchev–Trinajstić information content (AvgIpc) is 2.88. The minimum absolute atomic E-state index is 0.187. The van der Waals surface area contributed by atoms with Crippen molar-refractivity contribution in [1.82, 2.24) is 5.43 Å². The van der Waals surface area contributed by atoms with Gasteiger partial charge in [0.25, 0.3) is 0 Å². The Labute approximate surface area is 217 Å². The molecule has 0 aliphatic heterocycles. The van der Waals surface area contributed by atoms with E-state index in [-0.39, 0.29) is 17.4 Å². The second kappa shape index (κ2) is 12.3. The molecule has 37 heavy (non-hydrogen) atoms. The van der Waals surface area contributed by atoms with E-state index in [2.05, 4.69) is 21.2 Å². The third-order valence-corrected chi connectivity index (χ3v) is 5.11. The fourth-order valence-electron chi connectivity index (χ4n) is 3.00. The Morgan fingerprint density at radius 2 is 1.35 bits per heavy atom. The molecule has 0 aliphatic rings. The van der Waals surface area contributed by atoms with Gasteiger partial charge in [0, 0.05) is 28.9 Å². The van der Waals surface area contributed by atoms with E-state index in [9.17, 15) is 19.2 Å². The monoisotopic (exact) mass is 522 g/mol. The number of hydrazone groups is 1. The number of halogens is 1. The van der Waals surface area contributed by atoms with Crippen LogP contribution in [0.15, 0.2) is 71.8 Å². The van der Waals surface area contributed by atoms with E-state index in [1.54, 1.807) is 67.6 Å². The van der Waals surface area contributed by atoms with E-state index in [0.29, 0.717) is 33.2 Å². The summed E-state index contributed by atoms with van der Waals surface area (Å²) < 4.78 is 10.7. The summed E-state index contributed by atoms with van der Waals surface area (Å²) in [7, 11) is 1.42. The molecule has 0 saturated carbocycles. The molecule has 0 bridgehead atoms. The Balaban J connectivity index is 1.62. The zero-order chi connectivity index (χ0) is 26.9. The zero-order valence-electron chi connectivity index (χ0n) is 20.1. The molecule has 0 heterocycles. The number of amides is 3. The Bertz CT molecular complexity index is 1350. The minimum atomic E-state index is -0.981. The molecule has 190 valence electrons. The Kier molecular flexibility index (Phi) is 8.95. The number of nitrogens with zero attached hydrogens (tertiary/aromatic N) is 1. The molecule has 3 aromatic carbocycles. The lowest BCUT2D eigenvalue weighted by molar-refractivity contribution is -0.136. The number of benzene rings is 3. The van der Waals surface area contributed by atoms with Gasteiger partial charge in [-0.1, -0.05) is 11.6 Å². The number of carbonyl (C=O) groups is 4. The summed E-state index contributed by atoms with van der Waals surface area (Å²) in [5.41, 5.74) is 4.35. The highest BCUT2D eigenvalue weighted by Crippen LogP contribution is 2.29. The Morgan fingerprint density at radius 1 is 0.757 bits per heavy atom. The van der Waals surface area contributed by atoms with Crippen LogP contribution in [0.25, 0.3) is 0 Å². The smallest absolute Gasteiger partial charge is 0.343 e. The topological polar surface area (TPSA) is 135 Å². The summed E-state index contributed by atoms with van der Waals surface area (Å²) in [6, 6.07) is 17.2. The van der Waals surface area contributed by atoms with Crippen molar-refractivity contribution in [3.63, 3.8) is 0 Å². The predicted molar refractivity (Wildman–Crippen MR) is 139 cm³/mol. The molecule has 0 aromatic heterocycles. The normalized spacial score (nSPS) is 10.8. The number of ether oxygens (including phenoxy) is 2. The van der Waals surface area contributed by atoms with Crippen molar-refractivity contribution >= 4 is 52.4 Å². The molecule has 0 saturated heterocycles. The molecular formula is C26H23ClN4O6. The Morgan fingerprint density at radius 3 is 1.95 bits per heavy atom. The van der Waals surface area contributed by atoms with Crippen LogP contribution in [0, 0.1) is 0 Å². The van der Waals surface area contributed by atoms with Gasteiger partial charge in [0.1, 0.15) is 0 Å². The number of methoxy groups -OCH3 is 1. The van der Waals surface area contributed by atoms with Crippen molar-refractivity contribution in [2.45, 2.75) is 13.8 Å². The average molecular weight is 523 g/mol. The molecule has 3 aromatic rings. The molecular weight excluding hydrogens is 500 g/mol. The van der Waals surface area contributed by atoms with Gasteiger partial charge >= 0.3 is 17.8 Å². The van der Waals surface area contributed by atoms with Gasteiger partial charge < -0.3 is 20.1 Å². The highest BCUT2D eigenvalue weighted by atomic mass is 35.5. The van der Waals surface area contributed by atoms with Gasteiger partial charge in [0.15, 0.2) is 11.5 Å². The molecule has 3 N–H and O–H groups in total. The van der Waals surface area contributed by atoms with Crippen molar-refractivity contribution < 1.29 is 28.7 Å². The number of carbonyl (C=O) groups excluding carboxylic acids is 4. The third kappa shape index (κ3) is 7.64. The van der Waals surface area contributed by atoms with Crippen LogP contribution in [0.1, 0.15) is 29.8 Å². The van der Waals surface area contributed by atoms with Crippen molar-refractivity contribution in [3.05, 3.63) is 82.9 Å². The lowest BCUT2D eigenvalue weighted by atomic mass is 10.1. The fourth-order valence-corrected chi connectivity index (χ4v) is 3.13. The number of nitrogens with one attached hydrogen (secondary N) is 3. The Hall–Kier alpha value is -4.70. The summed E-state index contributed by atoms with van der Waals surface area (Å²) in [6.45, 7) is 3.00. The summed E-state index contributed by atoms with van der Waals surface area (Å²) in [5, 5.41) is 9.49. The molecule has 11 heteroatoms. The van der Waals surface area contributed by atoms with Crippen LogP contribution >= 0.6 is 11.6 Å². The van der Waals surface area contributed by atoms with Crippen molar-refractivity contribution in [2.75, 3.05) is 17.7 Å². The molecule has 10 nitrogen and oxygen atoms in total. The van der Waals surface area contributed by atoms with Crippen LogP contribution < -0.4 is 25.5 Å². The van der Waals surface area contributed by atoms with E-state index in [1.165, 1.54) is 20.1 Å². The van der Waals surface area contributed by atoms with E-state index in [0.717, 1.165) is 0 Å². The van der Waals surface area contributed by atoms with Crippen LogP contribution in [0.3, 0.4) is 0 Å². The first-order valence-corrected chi connectivity index (χ1v) is 11.2. The summed E-state index contributed by atoms with van der Waals surface area (Å²) in [4.78, 5) is 47.8. The largest absolute Gasteiger partial charge is 0.493 e. The molecule has 0 fully saturated rings. The van der Waals surface area contributed by atoms with E-state index >= 15 is 0 Å². The summed E-state index contributed by atoms with van der Waals surface area (Å²) in [5.74, 6) is -2.27. The van der Waals surface area contributed by atoms with E-state index in [1.807, 2.05) is 0 Å². The van der Waals surface area contributed by atoms with Gasteiger partial charge in [0.2, 0.25) is 5.91 Å². The third-order valence-electron chi connectivity index (χ3n) is 4.86. The molecule has 0 aliphatic carbocycles. The fraction of sp³-hybridized carbons (Fsp3) is 0.115. The van der Waals surface area contributed by atoms with Crippen LogP contribution in [0.4, 0.5) is 11.4 Å². The number of anilines is 2. The second-order valence-electron chi connectivity index (χ2n) is 7.61. The summed E-state index contributed by atoms with van der Waals surface area (Å²) >= 11 is 5.85. The lowest BCUT2D eigenvalue weighted by Gasteiger charge is -2.11. The van der Waals surface area contributed by atoms with Crippen LogP contribution in [-0.2, 0) is 14.4 Å². The first-order chi connectivity index (χ1) is 17.7. The summed E-state index contributed by atoms with van der Waals surface area (Å²) in [6.07, 6.45) is 0. The zero-order valence-corrected chi connectivity index (χ0v) is 20.9. The van der Waals surface area contributed by atoms with Crippen molar-refractivity contribution in [1.29, 1.82) is 0 Å². The molecule has 0 atom stereocenters. The molecule has 3 amide bonds. The van der Waals surface area contributed by atoms with Gasteiger partial charge in [-0.05, 0) is 73.7 Å². The van der Waals surface area contributed by atoms with Crippen LogP contribution in [0.2, 0.25) is 5.02 Å². The molecule has 0 unspecified atom stereocenters. The van der Waals surface area contributed by atoms with Crippen molar-refractivity contribution in [3.8, 4) is 11.5 Å². The SMILES string of the molecule is COc1cc(/C(C)=N/NC(=O)C(=O)Nc2ccc(NC(C)=O)cc2)ccc1OC(=O)c1ccc(Cl)cc1. The van der Waals surface area contributed by atoms with Crippen LogP contribution in [0.5, 0.6) is 11.5 Å². The van der Waals surface area contributed by atoms with E-state index in [4.69, 9.17) is 21.1 Å². The molecule has 3 rings (SSSR count). The maximum absolute atomic E-state index is 12.4. The van der Waals surface area contributed by atoms with E-state index < -0.39 is 17.8 Å². The van der Waals surface area contributed by atoms with Gasteiger partial charge in [-0.3, -0.25) is 14.4 Å². The van der Waals surface area contributed by atoms with Crippen molar-refractivity contribution in [2.24, 2.45) is 5.10 Å². The lowest BCUT2D eigenvalue weighted by Crippen LogP contribution is -2.32. The standard InChI is InChI=1S/C26H23ClN4O6/c1-15(30-31-25(34)24(33)29-21-11-9-20(10-12-21)28-16(2)32)18-6-13-22(23(14-18)36-3)37-26(35)17-4-7-19(27)8-5-17/h4-14H,1-3H3,(H,28,32)(H,29,33)(H,31,34)/b30-15+. The minimum Gasteiger partial charge on any atom is -0.493 e. The first-order valence-electron chi connectivity index (χ1n) is 10.9. The highest BCUT2D eigenvalue weighted by Gasteiger charge is 2.16. The van der Waals surface area contributed by atoms with Gasteiger partial charge in [-0.2, -0.15) is 5.10 Å². The maximum Gasteiger partial charge on any atom is 0.343 e. The number of esters is 1. The number of hydrogen-bond donors (Lipinski definition) is 3. The predicted octanol–water partition coefficient (Wildman–Crippen LogP) is 4.01. The quantitative estimate of drug-likeness (QED) is 0.141. The van der Waals surface area contributed by atoms with Gasteiger partial charge in [-0.25, -0.2) is 10.2 Å². The molecule has 0 spiro atoms. The number of hydrogen-bond acceptors (Lipinski definition) is 7.